The highest BCUT2D eigenvalue weighted by atomic mass is 16.3. The van der Waals surface area contributed by atoms with E-state index in [1.54, 1.807) is 6.07 Å². The third kappa shape index (κ3) is 3.56. The number of hydrogen-bond donors (Lipinski definition) is 2. The van der Waals surface area contributed by atoms with Gasteiger partial charge in [0.05, 0.1) is 0 Å². The van der Waals surface area contributed by atoms with Gasteiger partial charge in [0, 0.05) is 6.04 Å². The number of hydrogen-bond acceptors (Lipinski definition) is 2. The van der Waals surface area contributed by atoms with Crippen molar-refractivity contribution in [3.05, 3.63) is 29.8 Å². The molecule has 0 aliphatic rings. The summed E-state index contributed by atoms with van der Waals surface area (Å²) in [6.07, 6.45) is 3.08. The van der Waals surface area contributed by atoms with Gasteiger partial charge in [0.1, 0.15) is 5.75 Å². The Kier molecular flexibility index (Phi) is 4.63. The molecule has 0 fully saturated rings. The number of nitrogens with two attached hydrogens (primary N) is 1. The van der Waals surface area contributed by atoms with Crippen LogP contribution in [0.4, 0.5) is 0 Å². The summed E-state index contributed by atoms with van der Waals surface area (Å²) in [7, 11) is 0. The topological polar surface area (TPSA) is 46.2 Å². The molecular weight excluding hydrogens is 186 g/mol. The third-order valence-corrected chi connectivity index (χ3v) is 2.96. The normalized spacial score (nSPS) is 14.9. The van der Waals surface area contributed by atoms with Crippen LogP contribution in [0, 0.1) is 0 Å². The molecule has 15 heavy (non-hydrogen) atoms. The molecule has 0 saturated heterocycles. The monoisotopic (exact) mass is 207 g/mol. The minimum Gasteiger partial charge on any atom is -0.508 e. The molecule has 2 heteroatoms. The van der Waals surface area contributed by atoms with E-state index in [1.807, 2.05) is 18.2 Å². The number of aromatic hydroxyl groups is 1. The first-order valence-corrected chi connectivity index (χ1v) is 5.68. The van der Waals surface area contributed by atoms with Crippen molar-refractivity contribution in [2.45, 2.75) is 45.1 Å². The van der Waals surface area contributed by atoms with Crippen molar-refractivity contribution in [3.63, 3.8) is 0 Å². The van der Waals surface area contributed by atoms with Gasteiger partial charge in [-0.2, -0.15) is 0 Å². The quantitative estimate of drug-likeness (QED) is 0.779. The zero-order chi connectivity index (χ0) is 11.3. The van der Waals surface area contributed by atoms with Gasteiger partial charge in [0.15, 0.2) is 0 Å². The van der Waals surface area contributed by atoms with Crippen LogP contribution in [-0.4, -0.2) is 11.1 Å². The van der Waals surface area contributed by atoms with E-state index in [2.05, 4.69) is 13.8 Å². The Morgan fingerprint density at radius 2 is 1.93 bits per heavy atom. The minimum absolute atomic E-state index is 0.290. The zero-order valence-corrected chi connectivity index (χ0v) is 9.61. The number of phenolic OH excluding ortho intramolecular Hbond substituents is 1. The van der Waals surface area contributed by atoms with Gasteiger partial charge in [-0.3, -0.25) is 0 Å². The molecule has 84 valence electrons. The van der Waals surface area contributed by atoms with Crippen molar-refractivity contribution in [1.82, 2.24) is 0 Å². The Balaban J connectivity index is 2.54. The summed E-state index contributed by atoms with van der Waals surface area (Å²) >= 11 is 0. The maximum Gasteiger partial charge on any atom is 0.119 e. The molecule has 0 aliphatic heterocycles. The Morgan fingerprint density at radius 3 is 2.53 bits per heavy atom. The van der Waals surface area contributed by atoms with Gasteiger partial charge in [0.2, 0.25) is 0 Å². The van der Waals surface area contributed by atoms with Crippen molar-refractivity contribution < 1.29 is 5.11 Å². The van der Waals surface area contributed by atoms with Gasteiger partial charge in [-0.25, -0.2) is 0 Å². The van der Waals surface area contributed by atoms with Gasteiger partial charge in [0.25, 0.3) is 0 Å². The molecule has 0 amide bonds. The van der Waals surface area contributed by atoms with Crippen molar-refractivity contribution in [2.75, 3.05) is 0 Å². The molecule has 0 saturated carbocycles. The third-order valence-electron chi connectivity index (χ3n) is 2.96. The second-order valence-corrected chi connectivity index (χ2v) is 4.21. The van der Waals surface area contributed by atoms with E-state index in [0.29, 0.717) is 17.7 Å². The molecule has 0 spiro atoms. The molecule has 0 heterocycles. The molecule has 2 atom stereocenters. The maximum atomic E-state index is 9.67. The fourth-order valence-corrected chi connectivity index (χ4v) is 1.73. The van der Waals surface area contributed by atoms with Crippen molar-refractivity contribution >= 4 is 0 Å². The molecule has 1 rings (SSSR count). The van der Waals surface area contributed by atoms with E-state index in [9.17, 15) is 5.11 Å². The number of benzene rings is 1. The highest BCUT2D eigenvalue weighted by molar-refractivity contribution is 5.34. The Bertz CT molecular complexity index is 298. The van der Waals surface area contributed by atoms with E-state index in [-0.39, 0.29) is 0 Å². The van der Waals surface area contributed by atoms with Gasteiger partial charge in [-0.15, -0.1) is 0 Å². The largest absolute Gasteiger partial charge is 0.508 e. The lowest BCUT2D eigenvalue weighted by Crippen LogP contribution is -2.18. The van der Waals surface area contributed by atoms with Gasteiger partial charge >= 0.3 is 0 Å². The van der Waals surface area contributed by atoms with Crippen molar-refractivity contribution in [1.29, 1.82) is 0 Å². The minimum atomic E-state index is 0.290. The molecule has 0 bridgehead atoms. The van der Waals surface area contributed by atoms with Crippen LogP contribution in [0.25, 0.3) is 0 Å². The van der Waals surface area contributed by atoms with Crippen LogP contribution >= 0.6 is 0 Å². The van der Waals surface area contributed by atoms with E-state index in [4.69, 9.17) is 5.73 Å². The highest BCUT2D eigenvalue weighted by Crippen LogP contribution is 2.28. The maximum absolute atomic E-state index is 9.67. The van der Waals surface area contributed by atoms with E-state index >= 15 is 0 Å². The molecule has 0 aliphatic carbocycles. The van der Waals surface area contributed by atoms with Crippen LogP contribution < -0.4 is 5.73 Å². The first-order valence-electron chi connectivity index (χ1n) is 5.68. The summed E-state index contributed by atoms with van der Waals surface area (Å²) in [5, 5.41) is 9.67. The summed E-state index contributed by atoms with van der Waals surface area (Å²) in [5.74, 6) is 0.777. The zero-order valence-electron chi connectivity index (χ0n) is 9.61. The average molecular weight is 207 g/mol. The summed E-state index contributed by atoms with van der Waals surface area (Å²) in [6.45, 7) is 4.24. The molecule has 2 unspecified atom stereocenters. The van der Waals surface area contributed by atoms with Crippen LogP contribution in [0.5, 0.6) is 5.75 Å². The molecule has 0 radical (unpaired) electrons. The fraction of sp³-hybridized carbons (Fsp3) is 0.538. The number of phenols is 1. The predicted molar refractivity (Wildman–Crippen MR) is 64.0 cm³/mol. The fourth-order valence-electron chi connectivity index (χ4n) is 1.73. The SMILES string of the molecule is CCC(N)CCC(C)c1ccccc1O. The van der Waals surface area contributed by atoms with E-state index in [0.717, 1.165) is 24.8 Å². The van der Waals surface area contributed by atoms with Crippen molar-refractivity contribution in [3.8, 4) is 5.75 Å². The van der Waals surface area contributed by atoms with Crippen LogP contribution in [0.15, 0.2) is 24.3 Å². The van der Waals surface area contributed by atoms with Crippen LogP contribution in [0.1, 0.15) is 44.6 Å². The van der Waals surface area contributed by atoms with Gasteiger partial charge in [-0.05, 0) is 36.8 Å². The molecule has 1 aromatic rings. The Labute approximate surface area is 92.1 Å². The van der Waals surface area contributed by atoms with Crippen molar-refractivity contribution in [2.24, 2.45) is 5.73 Å². The van der Waals surface area contributed by atoms with E-state index in [1.165, 1.54) is 0 Å². The van der Waals surface area contributed by atoms with Crippen LogP contribution in [0.3, 0.4) is 0 Å². The lowest BCUT2D eigenvalue weighted by atomic mass is 9.93. The van der Waals surface area contributed by atoms with Crippen LogP contribution in [-0.2, 0) is 0 Å². The first-order chi connectivity index (χ1) is 7.15. The van der Waals surface area contributed by atoms with E-state index < -0.39 is 0 Å². The molecule has 3 N–H and O–H groups in total. The number of rotatable bonds is 5. The average Bonchev–Trinajstić information content (AvgIpc) is 2.26. The molecule has 1 aromatic carbocycles. The Hall–Kier alpha value is -1.02. The second kappa shape index (κ2) is 5.76. The highest BCUT2D eigenvalue weighted by Gasteiger charge is 2.10. The number of para-hydroxylation sites is 1. The molecule has 0 aromatic heterocycles. The predicted octanol–water partition coefficient (Wildman–Crippen LogP) is 3.01. The molecule has 2 nitrogen and oxygen atoms in total. The summed E-state index contributed by atoms with van der Waals surface area (Å²) < 4.78 is 0. The Morgan fingerprint density at radius 1 is 1.27 bits per heavy atom. The molecular formula is C13H21NO. The summed E-state index contributed by atoms with van der Waals surface area (Å²) in [5.41, 5.74) is 6.90. The first kappa shape index (κ1) is 12.1. The van der Waals surface area contributed by atoms with Gasteiger partial charge in [-0.1, -0.05) is 32.0 Å². The smallest absolute Gasteiger partial charge is 0.119 e. The second-order valence-electron chi connectivity index (χ2n) is 4.21. The lowest BCUT2D eigenvalue weighted by molar-refractivity contribution is 0.454. The summed E-state index contributed by atoms with van der Waals surface area (Å²) in [6, 6.07) is 7.83. The van der Waals surface area contributed by atoms with Gasteiger partial charge < -0.3 is 10.8 Å². The summed E-state index contributed by atoms with van der Waals surface area (Å²) in [4.78, 5) is 0. The van der Waals surface area contributed by atoms with Crippen LogP contribution in [0.2, 0.25) is 0 Å². The standard InChI is InChI=1S/C13H21NO/c1-3-11(14)9-8-10(2)12-6-4-5-7-13(12)15/h4-7,10-11,15H,3,8-9,14H2,1-2H3. The lowest BCUT2D eigenvalue weighted by Gasteiger charge is -2.15.